The van der Waals surface area contributed by atoms with Gasteiger partial charge in [-0.1, -0.05) is 61.4 Å². The summed E-state index contributed by atoms with van der Waals surface area (Å²) in [5.41, 5.74) is 4.23. The smallest absolute Gasteiger partial charge is 0.410 e. The van der Waals surface area contributed by atoms with Crippen LogP contribution in [-0.2, 0) is 9.47 Å². The molecular formula is C27H31NO4. The van der Waals surface area contributed by atoms with E-state index in [-0.39, 0.29) is 24.1 Å². The van der Waals surface area contributed by atoms with Gasteiger partial charge in [-0.2, -0.15) is 0 Å². The fraction of sp³-hybridized carbons (Fsp3) is 0.519. The first-order chi connectivity index (χ1) is 15.6. The van der Waals surface area contributed by atoms with E-state index in [4.69, 9.17) is 9.47 Å². The number of hydrogen-bond donors (Lipinski definition) is 1. The van der Waals surface area contributed by atoms with Gasteiger partial charge in [0.05, 0.1) is 30.9 Å². The fourth-order valence-electron chi connectivity index (χ4n) is 6.78. The van der Waals surface area contributed by atoms with Gasteiger partial charge < -0.3 is 14.6 Å². The molecule has 2 unspecified atom stereocenters. The van der Waals surface area contributed by atoms with Gasteiger partial charge in [-0.05, 0) is 53.9 Å². The van der Waals surface area contributed by atoms with Crippen LogP contribution in [0.15, 0.2) is 48.5 Å². The third kappa shape index (κ3) is 3.25. The zero-order valence-corrected chi connectivity index (χ0v) is 18.4. The van der Waals surface area contributed by atoms with Gasteiger partial charge in [-0.3, -0.25) is 4.90 Å². The molecule has 1 amide bonds. The van der Waals surface area contributed by atoms with Crippen LogP contribution >= 0.6 is 0 Å². The molecule has 2 saturated heterocycles. The summed E-state index contributed by atoms with van der Waals surface area (Å²) >= 11 is 0. The van der Waals surface area contributed by atoms with Crippen LogP contribution in [0.1, 0.15) is 55.6 Å². The summed E-state index contributed by atoms with van der Waals surface area (Å²) < 4.78 is 11.7. The SMILES string of the molecule is O=C(OCC1c2ccccc2-c2ccccc21)N1C2COCC1CC(O)(C1CCCC1)C2. The second-order valence-electron chi connectivity index (χ2n) is 10.0. The van der Waals surface area contributed by atoms with Crippen molar-refractivity contribution >= 4 is 6.09 Å². The molecule has 4 aliphatic rings. The van der Waals surface area contributed by atoms with Gasteiger partial charge in [0, 0.05) is 5.92 Å². The van der Waals surface area contributed by atoms with Gasteiger partial charge in [-0.25, -0.2) is 4.79 Å². The molecule has 5 heteroatoms. The molecule has 2 atom stereocenters. The zero-order chi connectivity index (χ0) is 21.7. The molecule has 2 bridgehead atoms. The lowest BCUT2D eigenvalue weighted by Gasteiger charge is -2.52. The van der Waals surface area contributed by atoms with E-state index in [0.29, 0.717) is 38.6 Å². The average Bonchev–Trinajstić information content (AvgIpc) is 3.45. The lowest BCUT2D eigenvalue weighted by atomic mass is 9.73. The van der Waals surface area contributed by atoms with Gasteiger partial charge in [0.15, 0.2) is 0 Å². The van der Waals surface area contributed by atoms with Crippen LogP contribution in [0.5, 0.6) is 0 Å². The van der Waals surface area contributed by atoms with E-state index in [0.717, 1.165) is 12.8 Å². The zero-order valence-electron chi connectivity index (χ0n) is 18.4. The molecule has 2 heterocycles. The number of carbonyl (C=O) groups excluding carboxylic acids is 1. The molecule has 168 valence electrons. The van der Waals surface area contributed by atoms with E-state index >= 15 is 0 Å². The molecule has 0 spiro atoms. The summed E-state index contributed by atoms with van der Waals surface area (Å²) in [6.45, 7) is 1.29. The van der Waals surface area contributed by atoms with Gasteiger partial charge in [0.25, 0.3) is 0 Å². The Kier molecular flexibility index (Phi) is 4.99. The van der Waals surface area contributed by atoms with Crippen LogP contribution < -0.4 is 0 Å². The fourth-order valence-corrected chi connectivity index (χ4v) is 6.78. The first-order valence-electron chi connectivity index (χ1n) is 12.1. The highest BCUT2D eigenvalue weighted by Gasteiger charge is 2.52. The van der Waals surface area contributed by atoms with E-state index in [1.807, 2.05) is 4.90 Å². The van der Waals surface area contributed by atoms with Crippen molar-refractivity contribution in [1.29, 1.82) is 0 Å². The minimum atomic E-state index is -0.671. The quantitative estimate of drug-likeness (QED) is 0.761. The van der Waals surface area contributed by atoms with Crippen LogP contribution in [0, 0.1) is 5.92 Å². The first kappa shape index (κ1) is 20.3. The average molecular weight is 434 g/mol. The van der Waals surface area contributed by atoms with Crippen LogP contribution in [0.4, 0.5) is 4.79 Å². The van der Waals surface area contributed by atoms with Crippen molar-refractivity contribution in [3.05, 3.63) is 59.7 Å². The molecule has 3 fully saturated rings. The lowest BCUT2D eigenvalue weighted by Crippen LogP contribution is -2.64. The number of rotatable bonds is 3. The van der Waals surface area contributed by atoms with Crippen LogP contribution in [0.2, 0.25) is 0 Å². The largest absolute Gasteiger partial charge is 0.448 e. The Morgan fingerprint density at radius 1 is 0.969 bits per heavy atom. The maximum Gasteiger partial charge on any atom is 0.410 e. The maximum absolute atomic E-state index is 13.3. The molecule has 32 heavy (non-hydrogen) atoms. The number of ether oxygens (including phenoxy) is 2. The number of nitrogens with zero attached hydrogens (tertiary/aromatic N) is 1. The number of aliphatic hydroxyl groups is 1. The topological polar surface area (TPSA) is 59.0 Å². The molecule has 2 aromatic carbocycles. The Bertz CT molecular complexity index is 955. The van der Waals surface area contributed by atoms with Crippen molar-refractivity contribution in [3.8, 4) is 11.1 Å². The Labute approximate surface area is 189 Å². The Balaban J connectivity index is 1.19. The normalized spacial score (nSPS) is 29.6. The molecular weight excluding hydrogens is 402 g/mol. The minimum absolute atomic E-state index is 0.0580. The monoisotopic (exact) mass is 433 g/mol. The van der Waals surface area contributed by atoms with E-state index in [2.05, 4.69) is 48.5 Å². The number of benzene rings is 2. The second kappa shape index (κ2) is 7.89. The molecule has 2 aliphatic carbocycles. The van der Waals surface area contributed by atoms with Crippen molar-refractivity contribution in [3.63, 3.8) is 0 Å². The van der Waals surface area contributed by atoms with E-state index in [9.17, 15) is 9.90 Å². The van der Waals surface area contributed by atoms with E-state index in [1.165, 1.54) is 35.1 Å². The molecule has 0 aromatic heterocycles. The van der Waals surface area contributed by atoms with E-state index < -0.39 is 5.60 Å². The van der Waals surface area contributed by atoms with Gasteiger partial charge in [0.2, 0.25) is 0 Å². The number of carbonyl (C=O) groups is 1. The van der Waals surface area contributed by atoms with E-state index in [1.54, 1.807) is 0 Å². The van der Waals surface area contributed by atoms with Crippen LogP contribution in [-0.4, -0.2) is 53.6 Å². The number of amides is 1. The van der Waals surface area contributed by atoms with Gasteiger partial charge >= 0.3 is 6.09 Å². The molecule has 6 rings (SSSR count). The third-order valence-corrected chi connectivity index (χ3v) is 8.25. The maximum atomic E-state index is 13.3. The van der Waals surface area contributed by atoms with Crippen molar-refractivity contribution < 1.29 is 19.4 Å². The van der Waals surface area contributed by atoms with Crippen molar-refractivity contribution in [2.45, 2.75) is 62.1 Å². The minimum Gasteiger partial charge on any atom is -0.448 e. The number of piperidine rings is 1. The predicted molar refractivity (Wildman–Crippen MR) is 121 cm³/mol. The standard InChI is InChI=1S/C27H31NO4/c29-26(28-19-13-27(30,18-7-1-2-8-18)14-20(28)16-31-15-19)32-17-25-23-11-5-3-9-21(23)22-10-4-6-12-24(22)25/h3-6,9-12,18-20,25,30H,1-2,7-8,13-17H2. The second-order valence-corrected chi connectivity index (χ2v) is 10.0. The van der Waals surface area contributed by atoms with Crippen molar-refractivity contribution in [2.75, 3.05) is 19.8 Å². The van der Waals surface area contributed by atoms with Crippen molar-refractivity contribution in [2.24, 2.45) is 5.92 Å². The van der Waals surface area contributed by atoms with Crippen molar-refractivity contribution in [1.82, 2.24) is 4.90 Å². The first-order valence-corrected chi connectivity index (χ1v) is 12.1. The molecule has 1 saturated carbocycles. The molecule has 0 radical (unpaired) electrons. The highest BCUT2D eigenvalue weighted by atomic mass is 16.6. The highest BCUT2D eigenvalue weighted by Crippen LogP contribution is 2.46. The Hall–Kier alpha value is -2.37. The van der Waals surface area contributed by atoms with Crippen LogP contribution in [0.25, 0.3) is 11.1 Å². The number of hydrogen-bond acceptors (Lipinski definition) is 4. The summed E-state index contributed by atoms with van der Waals surface area (Å²) in [7, 11) is 0. The Morgan fingerprint density at radius 3 is 2.12 bits per heavy atom. The highest BCUT2D eigenvalue weighted by molar-refractivity contribution is 5.79. The Morgan fingerprint density at radius 2 is 1.53 bits per heavy atom. The molecule has 5 nitrogen and oxygen atoms in total. The van der Waals surface area contributed by atoms with Gasteiger partial charge in [-0.15, -0.1) is 0 Å². The lowest BCUT2D eigenvalue weighted by molar-refractivity contribution is -0.152. The summed E-state index contributed by atoms with van der Waals surface area (Å²) in [5.74, 6) is 0.415. The molecule has 2 aliphatic heterocycles. The number of fused-ring (bicyclic) bond motifs is 5. The summed E-state index contributed by atoms with van der Waals surface area (Å²) in [5, 5.41) is 11.5. The summed E-state index contributed by atoms with van der Waals surface area (Å²) in [4.78, 5) is 15.2. The summed E-state index contributed by atoms with van der Waals surface area (Å²) in [6, 6.07) is 16.6. The third-order valence-electron chi connectivity index (χ3n) is 8.25. The van der Waals surface area contributed by atoms with Gasteiger partial charge in [0.1, 0.15) is 6.61 Å². The predicted octanol–water partition coefficient (Wildman–Crippen LogP) is 4.72. The molecule has 2 aromatic rings. The molecule has 1 N–H and O–H groups in total. The van der Waals surface area contributed by atoms with Crippen LogP contribution in [0.3, 0.4) is 0 Å². The summed E-state index contributed by atoms with van der Waals surface area (Å²) in [6.07, 6.45) is 5.53. The number of morpholine rings is 1.